The number of hydrogen-bond donors (Lipinski definition) is 1. The molecule has 1 aromatic rings. The minimum absolute atomic E-state index is 0.00808. The predicted molar refractivity (Wildman–Crippen MR) is 85.1 cm³/mol. The van der Waals surface area contributed by atoms with Crippen LogP contribution in [0, 0.1) is 51.1 Å². The van der Waals surface area contributed by atoms with Gasteiger partial charge in [0.15, 0.2) is 5.41 Å². The minimum Gasteiger partial charge on any atom is -0.399 e. The standard InChI is InChI=1S/C19H15FN4/c20-13-7-5-12(6-8-13)17-15-4-2-1-3-14(15)16(9-21)18(24)19(17,10-22)11-23/h3,5-8,15,17H,1-2,4,24H2/t15-,17-/m1/s1. The van der Waals surface area contributed by atoms with Gasteiger partial charge in [-0.2, -0.15) is 15.8 Å². The summed E-state index contributed by atoms with van der Waals surface area (Å²) in [6.07, 6.45) is 4.50. The maximum Gasteiger partial charge on any atom is 0.191 e. The molecule has 2 aliphatic rings. The predicted octanol–water partition coefficient (Wildman–Crippen LogP) is 3.42. The normalized spacial score (nSPS) is 24.8. The number of halogens is 1. The van der Waals surface area contributed by atoms with Gasteiger partial charge in [0, 0.05) is 5.92 Å². The average Bonchev–Trinajstić information content (AvgIpc) is 2.62. The van der Waals surface area contributed by atoms with Crippen molar-refractivity contribution in [3.63, 3.8) is 0 Å². The summed E-state index contributed by atoms with van der Waals surface area (Å²) in [4.78, 5) is 0. The Labute approximate surface area is 139 Å². The fraction of sp³-hybridized carbons (Fsp3) is 0.316. The Hall–Kier alpha value is -3.10. The molecule has 0 aromatic heterocycles. The van der Waals surface area contributed by atoms with Gasteiger partial charge in [0.2, 0.25) is 0 Å². The van der Waals surface area contributed by atoms with Gasteiger partial charge in [-0.1, -0.05) is 18.2 Å². The van der Waals surface area contributed by atoms with Crippen LogP contribution in [0.5, 0.6) is 0 Å². The minimum atomic E-state index is -1.62. The molecule has 0 unspecified atom stereocenters. The monoisotopic (exact) mass is 318 g/mol. The summed E-state index contributed by atoms with van der Waals surface area (Å²) < 4.78 is 13.3. The topological polar surface area (TPSA) is 97.4 Å². The molecule has 1 aromatic carbocycles. The van der Waals surface area contributed by atoms with Gasteiger partial charge in [-0.3, -0.25) is 0 Å². The molecule has 118 valence electrons. The lowest BCUT2D eigenvalue weighted by Crippen LogP contribution is -2.42. The first-order valence-corrected chi connectivity index (χ1v) is 7.77. The molecule has 0 heterocycles. The largest absolute Gasteiger partial charge is 0.399 e. The molecule has 0 radical (unpaired) electrons. The molecule has 2 N–H and O–H groups in total. The molecule has 24 heavy (non-hydrogen) atoms. The van der Waals surface area contributed by atoms with Crippen molar-refractivity contribution in [1.29, 1.82) is 15.8 Å². The summed E-state index contributed by atoms with van der Waals surface area (Å²) in [5.41, 5.74) is 6.30. The van der Waals surface area contributed by atoms with Crippen LogP contribution in [0.1, 0.15) is 30.7 Å². The van der Waals surface area contributed by atoms with Gasteiger partial charge < -0.3 is 5.73 Å². The first-order chi connectivity index (χ1) is 11.6. The second-order valence-corrected chi connectivity index (χ2v) is 6.16. The molecule has 2 atom stereocenters. The van der Waals surface area contributed by atoms with Crippen LogP contribution in [0.25, 0.3) is 0 Å². The molecule has 0 saturated carbocycles. The maximum absolute atomic E-state index is 13.3. The van der Waals surface area contributed by atoms with Crippen molar-refractivity contribution in [2.45, 2.75) is 25.2 Å². The van der Waals surface area contributed by atoms with Gasteiger partial charge in [0.1, 0.15) is 11.9 Å². The van der Waals surface area contributed by atoms with E-state index in [2.05, 4.69) is 18.2 Å². The van der Waals surface area contributed by atoms with Crippen LogP contribution in [0.15, 0.2) is 47.2 Å². The van der Waals surface area contributed by atoms with Gasteiger partial charge >= 0.3 is 0 Å². The van der Waals surface area contributed by atoms with Crippen LogP contribution in [0.3, 0.4) is 0 Å². The van der Waals surface area contributed by atoms with Crippen molar-refractivity contribution in [1.82, 2.24) is 0 Å². The van der Waals surface area contributed by atoms with E-state index in [0.29, 0.717) is 5.56 Å². The lowest BCUT2D eigenvalue weighted by atomic mass is 9.57. The van der Waals surface area contributed by atoms with Crippen molar-refractivity contribution in [2.24, 2.45) is 17.1 Å². The Bertz CT molecular complexity index is 845. The second kappa shape index (κ2) is 5.84. The highest BCUT2D eigenvalue weighted by Gasteiger charge is 2.53. The first kappa shape index (κ1) is 15.8. The van der Waals surface area contributed by atoms with Crippen LogP contribution in [0.4, 0.5) is 4.39 Å². The highest BCUT2D eigenvalue weighted by molar-refractivity contribution is 5.59. The molecule has 2 aliphatic carbocycles. The Morgan fingerprint density at radius 3 is 2.38 bits per heavy atom. The van der Waals surface area contributed by atoms with Gasteiger partial charge in [-0.25, -0.2) is 4.39 Å². The Kier molecular flexibility index (Phi) is 3.84. The number of nitrogens with zero attached hydrogens (tertiary/aromatic N) is 3. The Balaban J connectivity index is 2.31. The lowest BCUT2D eigenvalue weighted by Gasteiger charge is -2.43. The molecule has 4 nitrogen and oxygen atoms in total. The second-order valence-electron chi connectivity index (χ2n) is 6.16. The van der Waals surface area contributed by atoms with E-state index in [1.165, 1.54) is 12.1 Å². The summed E-state index contributed by atoms with van der Waals surface area (Å²) in [5, 5.41) is 29.1. The Morgan fingerprint density at radius 1 is 1.12 bits per heavy atom. The summed E-state index contributed by atoms with van der Waals surface area (Å²) >= 11 is 0. The maximum atomic E-state index is 13.3. The highest BCUT2D eigenvalue weighted by Crippen LogP contribution is 2.55. The zero-order chi connectivity index (χ0) is 17.3. The molecular formula is C19H15FN4. The third-order valence-corrected chi connectivity index (χ3v) is 5.03. The van der Waals surface area contributed by atoms with Crippen molar-refractivity contribution in [2.75, 3.05) is 0 Å². The Morgan fingerprint density at radius 2 is 1.79 bits per heavy atom. The third kappa shape index (κ3) is 2.08. The quantitative estimate of drug-likeness (QED) is 0.857. The molecule has 0 bridgehead atoms. The number of benzene rings is 1. The number of nitrogens with two attached hydrogens (primary N) is 1. The fourth-order valence-electron chi connectivity index (χ4n) is 3.92. The van der Waals surface area contributed by atoms with E-state index in [4.69, 9.17) is 5.73 Å². The van der Waals surface area contributed by atoms with Crippen LogP contribution in [-0.4, -0.2) is 0 Å². The zero-order valence-electron chi connectivity index (χ0n) is 13.0. The molecule has 0 saturated heterocycles. The van der Waals surface area contributed by atoms with Crippen molar-refractivity contribution >= 4 is 0 Å². The van der Waals surface area contributed by atoms with E-state index in [1.54, 1.807) is 12.1 Å². The zero-order valence-corrected chi connectivity index (χ0v) is 13.0. The van der Waals surface area contributed by atoms with E-state index in [9.17, 15) is 20.2 Å². The van der Waals surface area contributed by atoms with Gasteiger partial charge in [0.05, 0.1) is 23.4 Å². The van der Waals surface area contributed by atoms with Crippen molar-refractivity contribution < 1.29 is 4.39 Å². The van der Waals surface area contributed by atoms with E-state index < -0.39 is 11.3 Å². The van der Waals surface area contributed by atoms with Gasteiger partial charge in [-0.05, 0) is 48.4 Å². The molecule has 0 amide bonds. The molecule has 3 rings (SSSR count). The van der Waals surface area contributed by atoms with Crippen molar-refractivity contribution in [3.8, 4) is 18.2 Å². The van der Waals surface area contributed by atoms with E-state index in [1.807, 2.05) is 6.08 Å². The molecule has 0 aliphatic heterocycles. The summed E-state index contributed by atoms with van der Waals surface area (Å²) in [5.74, 6) is -1.04. The number of hydrogen-bond acceptors (Lipinski definition) is 4. The van der Waals surface area contributed by atoms with Crippen LogP contribution < -0.4 is 5.73 Å². The van der Waals surface area contributed by atoms with Crippen LogP contribution >= 0.6 is 0 Å². The number of fused-ring (bicyclic) bond motifs is 1. The summed E-state index contributed by atoms with van der Waals surface area (Å²) in [7, 11) is 0. The fourth-order valence-corrected chi connectivity index (χ4v) is 3.92. The van der Waals surface area contributed by atoms with E-state index in [0.717, 1.165) is 24.8 Å². The number of allylic oxidation sites excluding steroid dienone is 4. The molecule has 0 spiro atoms. The molecule has 0 fully saturated rings. The smallest absolute Gasteiger partial charge is 0.191 e. The van der Waals surface area contributed by atoms with Crippen LogP contribution in [-0.2, 0) is 0 Å². The lowest BCUT2D eigenvalue weighted by molar-refractivity contribution is 0.317. The van der Waals surface area contributed by atoms with E-state index in [-0.39, 0.29) is 23.0 Å². The summed E-state index contributed by atoms with van der Waals surface area (Å²) in [6, 6.07) is 12.0. The number of rotatable bonds is 1. The van der Waals surface area contributed by atoms with Gasteiger partial charge in [-0.15, -0.1) is 0 Å². The molecular weight excluding hydrogens is 303 g/mol. The van der Waals surface area contributed by atoms with E-state index >= 15 is 0 Å². The third-order valence-electron chi connectivity index (χ3n) is 5.03. The molecule has 5 heteroatoms. The van der Waals surface area contributed by atoms with Gasteiger partial charge in [0.25, 0.3) is 0 Å². The highest BCUT2D eigenvalue weighted by atomic mass is 19.1. The van der Waals surface area contributed by atoms with Crippen LogP contribution in [0.2, 0.25) is 0 Å². The summed E-state index contributed by atoms with van der Waals surface area (Å²) in [6.45, 7) is 0. The number of nitriles is 3. The average molecular weight is 318 g/mol. The SMILES string of the molecule is N#CC1=C(N)C(C#N)(C#N)[C@H](c2ccc(F)cc2)[C@@H]2CCCC=C12. The van der Waals surface area contributed by atoms with Crippen molar-refractivity contribution in [3.05, 3.63) is 58.6 Å². The first-order valence-electron chi connectivity index (χ1n) is 7.77.